The minimum absolute atomic E-state index is 0.0651. The number of hydrogen-bond donors (Lipinski definition) is 1. The van der Waals surface area contributed by atoms with Crippen molar-refractivity contribution in [2.75, 3.05) is 6.54 Å². The van der Waals surface area contributed by atoms with Gasteiger partial charge in [0.05, 0.1) is 0 Å². The number of nitrogens with one attached hydrogen (secondary N) is 1. The van der Waals surface area contributed by atoms with Crippen LogP contribution in [0.4, 0.5) is 0 Å². The molecule has 0 heterocycles. The largest absolute Gasteiger partial charge is 0.352 e. The maximum Gasteiger partial charge on any atom is 0.243 e. The number of rotatable bonds is 3. The van der Waals surface area contributed by atoms with Gasteiger partial charge in [0, 0.05) is 6.54 Å². The average Bonchev–Trinajstić information content (AvgIpc) is 2.76. The molecule has 3 atom stereocenters. The predicted octanol–water partition coefficient (Wildman–Crippen LogP) is 2.11. The number of carbonyl (C=O) groups excluding carboxylic acids is 1. The van der Waals surface area contributed by atoms with Crippen molar-refractivity contribution in [2.24, 2.45) is 17.8 Å². The number of allylic oxidation sites excluding steroid dienone is 1. The van der Waals surface area contributed by atoms with E-state index in [1.165, 1.54) is 25.7 Å². The Kier molecular flexibility index (Phi) is 2.90. The van der Waals surface area contributed by atoms with Gasteiger partial charge in [-0.05, 0) is 50.0 Å². The zero-order valence-corrected chi connectivity index (χ0v) is 8.83. The SMILES string of the molecule is CC=CC(=O)NCC1CC2CCC1C2. The van der Waals surface area contributed by atoms with Gasteiger partial charge in [-0.1, -0.05) is 12.5 Å². The van der Waals surface area contributed by atoms with E-state index in [1.54, 1.807) is 12.2 Å². The minimum atomic E-state index is 0.0651. The van der Waals surface area contributed by atoms with Crippen LogP contribution in [-0.4, -0.2) is 12.5 Å². The molecule has 1 N–H and O–H groups in total. The molecule has 2 fully saturated rings. The Morgan fingerprint density at radius 1 is 1.43 bits per heavy atom. The monoisotopic (exact) mass is 193 g/mol. The summed E-state index contributed by atoms with van der Waals surface area (Å²) in [6, 6.07) is 0. The highest BCUT2D eigenvalue weighted by Gasteiger charge is 2.39. The third-order valence-electron chi connectivity index (χ3n) is 3.74. The van der Waals surface area contributed by atoms with Crippen LogP contribution in [-0.2, 0) is 4.79 Å². The van der Waals surface area contributed by atoms with Crippen LogP contribution < -0.4 is 5.32 Å². The Hall–Kier alpha value is -0.790. The summed E-state index contributed by atoms with van der Waals surface area (Å²) in [7, 11) is 0. The fourth-order valence-electron chi connectivity index (χ4n) is 3.07. The van der Waals surface area contributed by atoms with E-state index in [2.05, 4.69) is 5.32 Å². The molecule has 0 aromatic carbocycles. The van der Waals surface area contributed by atoms with Crippen molar-refractivity contribution >= 4 is 5.91 Å². The van der Waals surface area contributed by atoms with Crippen molar-refractivity contribution in [3.8, 4) is 0 Å². The third-order valence-corrected chi connectivity index (χ3v) is 3.74. The van der Waals surface area contributed by atoms with Gasteiger partial charge in [-0.2, -0.15) is 0 Å². The Bertz CT molecular complexity index is 247. The van der Waals surface area contributed by atoms with Crippen LogP contribution >= 0.6 is 0 Å². The lowest BCUT2D eigenvalue weighted by atomic mass is 9.89. The van der Waals surface area contributed by atoms with Crippen LogP contribution in [0.2, 0.25) is 0 Å². The van der Waals surface area contributed by atoms with E-state index in [0.29, 0.717) is 0 Å². The minimum Gasteiger partial charge on any atom is -0.352 e. The molecule has 0 spiro atoms. The second-order valence-electron chi connectivity index (χ2n) is 4.68. The molecule has 78 valence electrons. The van der Waals surface area contributed by atoms with Crippen LogP contribution in [0.25, 0.3) is 0 Å². The smallest absolute Gasteiger partial charge is 0.243 e. The second kappa shape index (κ2) is 4.16. The Morgan fingerprint density at radius 3 is 2.86 bits per heavy atom. The molecule has 1 amide bonds. The zero-order valence-electron chi connectivity index (χ0n) is 8.83. The van der Waals surface area contributed by atoms with Gasteiger partial charge in [-0.25, -0.2) is 0 Å². The molecule has 2 rings (SSSR count). The average molecular weight is 193 g/mol. The molecule has 0 saturated heterocycles. The quantitative estimate of drug-likeness (QED) is 0.683. The first-order valence-electron chi connectivity index (χ1n) is 5.70. The number of fused-ring (bicyclic) bond motifs is 2. The van der Waals surface area contributed by atoms with Crippen LogP contribution in [0.15, 0.2) is 12.2 Å². The maximum absolute atomic E-state index is 11.2. The van der Waals surface area contributed by atoms with Gasteiger partial charge in [-0.15, -0.1) is 0 Å². The highest BCUT2D eigenvalue weighted by atomic mass is 16.1. The van der Waals surface area contributed by atoms with E-state index < -0.39 is 0 Å². The van der Waals surface area contributed by atoms with Crippen LogP contribution in [0.5, 0.6) is 0 Å². The molecule has 0 aromatic rings. The Morgan fingerprint density at radius 2 is 2.29 bits per heavy atom. The zero-order chi connectivity index (χ0) is 9.97. The predicted molar refractivity (Wildman–Crippen MR) is 56.8 cm³/mol. The molecular weight excluding hydrogens is 174 g/mol. The lowest BCUT2D eigenvalue weighted by Crippen LogP contribution is -2.30. The summed E-state index contributed by atoms with van der Waals surface area (Å²) in [6.45, 7) is 2.77. The number of hydrogen-bond acceptors (Lipinski definition) is 1. The molecular formula is C12H19NO. The van der Waals surface area contributed by atoms with Crippen molar-refractivity contribution < 1.29 is 4.79 Å². The van der Waals surface area contributed by atoms with Gasteiger partial charge in [0.2, 0.25) is 5.91 Å². The summed E-state index contributed by atoms with van der Waals surface area (Å²) in [5, 5.41) is 2.98. The maximum atomic E-state index is 11.2. The van der Waals surface area contributed by atoms with E-state index in [4.69, 9.17) is 0 Å². The molecule has 3 unspecified atom stereocenters. The summed E-state index contributed by atoms with van der Waals surface area (Å²) in [6.07, 6.45) is 8.99. The first kappa shape index (κ1) is 9.75. The van der Waals surface area contributed by atoms with Gasteiger partial charge in [0.1, 0.15) is 0 Å². The van der Waals surface area contributed by atoms with E-state index in [-0.39, 0.29) is 5.91 Å². The standard InChI is InChI=1S/C12H19NO/c1-2-3-12(14)13-8-11-7-9-4-5-10(11)6-9/h2-3,9-11H,4-8H2,1H3,(H,13,14). The number of amides is 1. The van der Waals surface area contributed by atoms with Crippen LogP contribution in [0.3, 0.4) is 0 Å². The lowest BCUT2D eigenvalue weighted by molar-refractivity contribution is -0.116. The van der Waals surface area contributed by atoms with Gasteiger partial charge in [0.25, 0.3) is 0 Å². The van der Waals surface area contributed by atoms with E-state index in [9.17, 15) is 4.79 Å². The summed E-state index contributed by atoms with van der Waals surface area (Å²) in [5.41, 5.74) is 0. The third kappa shape index (κ3) is 1.99. The van der Waals surface area contributed by atoms with Gasteiger partial charge in [0.15, 0.2) is 0 Å². The number of carbonyl (C=O) groups is 1. The molecule has 2 heteroatoms. The van der Waals surface area contributed by atoms with Crippen LogP contribution in [0.1, 0.15) is 32.6 Å². The van der Waals surface area contributed by atoms with E-state index in [1.807, 2.05) is 6.92 Å². The molecule has 0 radical (unpaired) electrons. The Balaban J connectivity index is 1.74. The van der Waals surface area contributed by atoms with E-state index in [0.717, 1.165) is 24.3 Å². The topological polar surface area (TPSA) is 29.1 Å². The Labute approximate surface area is 85.8 Å². The summed E-state index contributed by atoms with van der Waals surface area (Å²) in [4.78, 5) is 11.2. The molecule has 14 heavy (non-hydrogen) atoms. The molecule has 2 bridgehead atoms. The van der Waals surface area contributed by atoms with Crippen molar-refractivity contribution in [2.45, 2.75) is 32.6 Å². The molecule has 2 aliphatic rings. The first-order valence-corrected chi connectivity index (χ1v) is 5.70. The van der Waals surface area contributed by atoms with Crippen molar-refractivity contribution in [1.29, 1.82) is 0 Å². The summed E-state index contributed by atoms with van der Waals surface area (Å²) >= 11 is 0. The van der Waals surface area contributed by atoms with Crippen LogP contribution in [0, 0.1) is 17.8 Å². The van der Waals surface area contributed by atoms with E-state index >= 15 is 0 Å². The van der Waals surface area contributed by atoms with Gasteiger partial charge >= 0.3 is 0 Å². The van der Waals surface area contributed by atoms with Gasteiger partial charge in [-0.3, -0.25) is 4.79 Å². The second-order valence-corrected chi connectivity index (χ2v) is 4.68. The molecule has 2 nitrogen and oxygen atoms in total. The lowest BCUT2D eigenvalue weighted by Gasteiger charge is -2.21. The highest BCUT2D eigenvalue weighted by Crippen LogP contribution is 2.47. The summed E-state index contributed by atoms with van der Waals surface area (Å²) in [5.74, 6) is 2.72. The molecule has 2 aliphatic carbocycles. The van der Waals surface area contributed by atoms with Gasteiger partial charge < -0.3 is 5.32 Å². The summed E-state index contributed by atoms with van der Waals surface area (Å²) < 4.78 is 0. The molecule has 2 saturated carbocycles. The fraction of sp³-hybridized carbons (Fsp3) is 0.750. The normalized spacial score (nSPS) is 35.4. The highest BCUT2D eigenvalue weighted by molar-refractivity contribution is 5.87. The molecule has 0 aromatic heterocycles. The first-order chi connectivity index (χ1) is 6.79. The van der Waals surface area contributed by atoms with Crippen molar-refractivity contribution in [3.05, 3.63) is 12.2 Å². The molecule has 0 aliphatic heterocycles. The van der Waals surface area contributed by atoms with Crippen molar-refractivity contribution in [1.82, 2.24) is 5.32 Å². The fourth-order valence-corrected chi connectivity index (χ4v) is 3.07. The van der Waals surface area contributed by atoms with Crippen molar-refractivity contribution in [3.63, 3.8) is 0 Å².